The van der Waals surface area contributed by atoms with Crippen molar-refractivity contribution < 1.29 is 26.7 Å². The zero-order valence-corrected chi connectivity index (χ0v) is 27.4. The van der Waals surface area contributed by atoms with Gasteiger partial charge in [-0.25, -0.2) is 32.1 Å². The number of hydrogen-bond donors (Lipinski definition) is 1. The van der Waals surface area contributed by atoms with Crippen LogP contribution in [0, 0.1) is 36.3 Å². The molecular formula is C34H29F2N3O4S3. The Kier molecular flexibility index (Phi) is 8.94. The topological polar surface area (TPSA) is 104 Å². The number of carbonyl (C=O) groups is 1. The van der Waals surface area contributed by atoms with Crippen LogP contribution in [-0.2, 0) is 27.7 Å². The van der Waals surface area contributed by atoms with Crippen LogP contribution >= 0.6 is 22.7 Å². The largest absolute Gasteiger partial charge is 0.461 e. The molecule has 7 nitrogen and oxygen atoms in total. The van der Waals surface area contributed by atoms with Gasteiger partial charge < -0.3 is 9.30 Å². The van der Waals surface area contributed by atoms with Gasteiger partial charge in [0.25, 0.3) is 0 Å². The fourth-order valence-corrected chi connectivity index (χ4v) is 7.33. The van der Waals surface area contributed by atoms with E-state index in [1.165, 1.54) is 22.3 Å². The highest BCUT2D eigenvalue weighted by Gasteiger charge is 2.29. The summed E-state index contributed by atoms with van der Waals surface area (Å²) in [5.74, 6) is 3.52. The number of thiazole rings is 1. The lowest BCUT2D eigenvalue weighted by Gasteiger charge is -2.16. The fraction of sp³-hybridized carbons (Fsp3) is 0.235. The third-order valence-electron chi connectivity index (χ3n) is 7.60. The van der Waals surface area contributed by atoms with Gasteiger partial charge in [0.1, 0.15) is 9.90 Å². The van der Waals surface area contributed by atoms with Crippen molar-refractivity contribution in [3.8, 4) is 33.7 Å². The smallest absolute Gasteiger partial charge is 0.357 e. The van der Waals surface area contributed by atoms with Crippen molar-refractivity contribution in [3.05, 3.63) is 104 Å². The maximum Gasteiger partial charge on any atom is 0.357 e. The molecular weight excluding hydrogens is 649 g/mol. The highest BCUT2D eigenvalue weighted by Crippen LogP contribution is 2.41. The van der Waals surface area contributed by atoms with E-state index in [0.29, 0.717) is 23.0 Å². The minimum atomic E-state index is -4.46. The Labute approximate surface area is 273 Å². The van der Waals surface area contributed by atoms with Gasteiger partial charge in [0.05, 0.1) is 18.0 Å². The average Bonchev–Trinajstić information content (AvgIpc) is 3.36. The number of nitrogens with two attached hydrogens (primary N) is 1. The van der Waals surface area contributed by atoms with Crippen LogP contribution in [0.15, 0.2) is 64.9 Å². The van der Waals surface area contributed by atoms with Crippen molar-refractivity contribution in [2.24, 2.45) is 11.1 Å². The van der Waals surface area contributed by atoms with E-state index < -0.39 is 32.5 Å². The molecule has 0 radical (unpaired) electrons. The number of aryl methyl sites for hydroxylation is 1. The number of nitrogens with zero attached hydrogens (tertiary/aromatic N) is 2. The molecule has 236 valence electrons. The van der Waals surface area contributed by atoms with Gasteiger partial charge >= 0.3 is 5.97 Å². The summed E-state index contributed by atoms with van der Waals surface area (Å²) in [6.45, 7) is 3.88. The first-order valence-electron chi connectivity index (χ1n) is 14.6. The molecule has 3 heterocycles. The van der Waals surface area contributed by atoms with E-state index in [-0.39, 0.29) is 24.4 Å². The molecule has 0 aliphatic heterocycles. The van der Waals surface area contributed by atoms with Gasteiger partial charge in [-0.1, -0.05) is 30.0 Å². The third kappa shape index (κ3) is 6.83. The minimum absolute atomic E-state index is 0.0410. The van der Waals surface area contributed by atoms with Crippen LogP contribution < -0.4 is 5.14 Å². The average molecular weight is 678 g/mol. The Hall–Kier alpha value is -4.15. The summed E-state index contributed by atoms with van der Waals surface area (Å²) in [5.41, 5.74) is 4.06. The zero-order valence-electron chi connectivity index (χ0n) is 25.0. The summed E-state index contributed by atoms with van der Waals surface area (Å²) < 4.78 is 61.2. The maximum atomic E-state index is 15.5. The predicted molar refractivity (Wildman–Crippen MR) is 175 cm³/mol. The fourth-order valence-electron chi connectivity index (χ4n) is 5.18. The Morgan fingerprint density at radius 2 is 1.91 bits per heavy atom. The first-order chi connectivity index (χ1) is 22.0. The second-order valence-electron chi connectivity index (χ2n) is 11.0. The quantitative estimate of drug-likeness (QED) is 0.132. The number of benzene rings is 2. The molecule has 46 heavy (non-hydrogen) atoms. The highest BCUT2D eigenvalue weighted by molar-refractivity contribution is 7.89. The van der Waals surface area contributed by atoms with E-state index in [0.717, 1.165) is 46.2 Å². The molecule has 2 N–H and O–H groups in total. The van der Waals surface area contributed by atoms with Gasteiger partial charge in [-0.2, -0.15) is 0 Å². The maximum absolute atomic E-state index is 15.5. The second kappa shape index (κ2) is 12.9. The number of rotatable bonds is 9. The van der Waals surface area contributed by atoms with Crippen LogP contribution in [0.3, 0.4) is 0 Å². The van der Waals surface area contributed by atoms with Gasteiger partial charge in [-0.15, -0.1) is 22.7 Å². The number of carbonyl (C=O) groups excluding carboxylic acids is 1. The molecule has 1 fully saturated rings. The summed E-state index contributed by atoms with van der Waals surface area (Å²) in [6.07, 6.45) is 2.72. The normalized spacial score (nSPS) is 13.0. The van der Waals surface area contributed by atoms with Crippen LogP contribution in [0.5, 0.6) is 0 Å². The second-order valence-corrected chi connectivity index (χ2v) is 14.7. The van der Waals surface area contributed by atoms with Crippen molar-refractivity contribution in [3.63, 3.8) is 0 Å². The molecule has 12 heteroatoms. The van der Waals surface area contributed by atoms with Gasteiger partial charge in [-0.3, -0.25) is 0 Å². The van der Waals surface area contributed by atoms with Crippen LogP contribution in [0.1, 0.15) is 56.8 Å². The lowest BCUT2D eigenvalue weighted by molar-refractivity contribution is 0.0520. The number of aromatic nitrogens is 2. The van der Waals surface area contributed by atoms with Crippen LogP contribution in [0.4, 0.5) is 8.78 Å². The van der Waals surface area contributed by atoms with Gasteiger partial charge in [0.15, 0.2) is 17.3 Å². The molecule has 0 unspecified atom stereocenters. The number of primary sulfonamides is 1. The number of esters is 1. The third-order valence-corrected chi connectivity index (χ3v) is 10.3. The van der Waals surface area contributed by atoms with E-state index in [9.17, 15) is 17.6 Å². The molecule has 0 atom stereocenters. The summed E-state index contributed by atoms with van der Waals surface area (Å²) in [7, 11) is -4.46. The lowest BCUT2D eigenvalue weighted by atomic mass is 10.1. The molecule has 5 aromatic rings. The van der Waals surface area contributed by atoms with E-state index in [1.54, 1.807) is 23.6 Å². The minimum Gasteiger partial charge on any atom is -0.461 e. The van der Waals surface area contributed by atoms with Crippen LogP contribution in [-0.4, -0.2) is 30.5 Å². The Morgan fingerprint density at radius 3 is 2.61 bits per heavy atom. The summed E-state index contributed by atoms with van der Waals surface area (Å²) in [6, 6.07) is 15.8. The standard InChI is InChI=1S/C34H29F2N3O4S3/c1-3-43-34(40)27-19-44-33(38-27)26-17-28(23-6-4-5-21(15-23)10-13-25-12-7-20(2)45-25)39(29(26)16-22-8-9-22)18-24-11-14-30(46(37,41)42)32(36)31(24)35/h4-7,11-12,14-15,17,19,22H,3,8-9,16,18H2,1-2H3,(H2,37,41,42). The van der Waals surface area contributed by atoms with Gasteiger partial charge in [0, 0.05) is 38.3 Å². The molecule has 6 rings (SSSR count). The zero-order chi connectivity index (χ0) is 32.6. The van der Waals surface area contributed by atoms with Crippen molar-refractivity contribution in [2.45, 2.75) is 44.6 Å². The van der Waals surface area contributed by atoms with E-state index in [4.69, 9.17) is 9.88 Å². The summed E-state index contributed by atoms with van der Waals surface area (Å²) in [5, 5.41) is 7.36. The molecule has 0 amide bonds. The van der Waals surface area contributed by atoms with Gasteiger partial charge in [0.2, 0.25) is 10.0 Å². The summed E-state index contributed by atoms with van der Waals surface area (Å²) >= 11 is 2.91. The van der Waals surface area contributed by atoms with E-state index >= 15 is 4.39 Å². The van der Waals surface area contributed by atoms with Crippen molar-refractivity contribution >= 4 is 38.7 Å². The Bertz CT molecular complexity index is 2130. The number of thiophene rings is 1. The van der Waals surface area contributed by atoms with Gasteiger partial charge in [-0.05, 0) is 81.0 Å². The first-order valence-corrected chi connectivity index (χ1v) is 17.8. The molecule has 2 aromatic carbocycles. The number of hydrogen-bond acceptors (Lipinski definition) is 7. The molecule has 0 bridgehead atoms. The molecule has 3 aromatic heterocycles. The van der Waals surface area contributed by atoms with Crippen molar-refractivity contribution in [1.82, 2.24) is 9.55 Å². The first kappa shape index (κ1) is 31.8. The predicted octanol–water partition coefficient (Wildman–Crippen LogP) is 7.15. The number of ether oxygens (including phenoxy) is 1. The SMILES string of the molecule is CCOC(=O)c1csc(-c2cc(-c3cccc(C#Cc4ccc(C)s4)c3)n(Cc3ccc(S(N)(=O)=O)c(F)c3F)c2CC2CC2)n1. The highest BCUT2D eigenvalue weighted by atomic mass is 32.2. The van der Waals surface area contributed by atoms with E-state index in [2.05, 4.69) is 16.8 Å². The molecule has 1 aliphatic carbocycles. The Morgan fingerprint density at radius 1 is 1.11 bits per heavy atom. The monoisotopic (exact) mass is 677 g/mol. The molecule has 1 saturated carbocycles. The molecule has 1 aliphatic rings. The van der Waals surface area contributed by atoms with Crippen LogP contribution in [0.25, 0.3) is 21.8 Å². The number of sulfonamides is 1. The van der Waals surface area contributed by atoms with E-state index in [1.807, 2.05) is 54.0 Å². The molecule has 0 saturated heterocycles. The number of halogens is 2. The summed E-state index contributed by atoms with van der Waals surface area (Å²) in [4.78, 5) is 18.2. The lowest BCUT2D eigenvalue weighted by Crippen LogP contribution is -2.16. The van der Waals surface area contributed by atoms with Crippen molar-refractivity contribution in [2.75, 3.05) is 6.61 Å². The molecule has 0 spiro atoms. The Balaban J connectivity index is 1.50. The van der Waals surface area contributed by atoms with Crippen molar-refractivity contribution in [1.29, 1.82) is 0 Å². The van der Waals surface area contributed by atoms with Crippen LogP contribution in [0.2, 0.25) is 0 Å².